The SMILES string of the molecule is CN1C(=O)N(CCN(CCO)CCO)C(c2ccc(C(F)(F)F)cc2)C2=C1c1ccccc1C2=O. The molecule has 2 aromatic rings. The van der Waals surface area contributed by atoms with E-state index < -0.39 is 23.8 Å². The van der Waals surface area contributed by atoms with Gasteiger partial charge in [-0.2, -0.15) is 13.2 Å². The summed E-state index contributed by atoms with van der Waals surface area (Å²) in [5, 5.41) is 18.6. The Morgan fingerprint density at radius 1 is 0.914 bits per heavy atom. The number of urea groups is 1. The van der Waals surface area contributed by atoms with E-state index in [1.165, 1.54) is 21.9 Å². The fourth-order valence-corrected chi connectivity index (χ4v) is 4.75. The van der Waals surface area contributed by atoms with Crippen LogP contribution in [0.2, 0.25) is 0 Å². The number of fused-ring (bicyclic) bond motifs is 2. The molecule has 186 valence electrons. The van der Waals surface area contributed by atoms with Gasteiger partial charge < -0.3 is 15.1 Å². The zero-order valence-corrected chi connectivity index (χ0v) is 19.1. The van der Waals surface area contributed by atoms with E-state index in [-0.39, 0.29) is 38.6 Å². The normalized spacial score (nSPS) is 18.0. The van der Waals surface area contributed by atoms with E-state index in [1.54, 1.807) is 36.2 Å². The highest BCUT2D eigenvalue weighted by Crippen LogP contribution is 2.47. The standard InChI is InChI=1S/C25H26F3N3O4/c1-29-22-18-4-2-3-5-19(18)23(34)20(22)21(16-6-8-17(9-7-16)25(26,27)28)31(24(29)35)11-10-30(12-14-32)13-15-33/h2-9,21,32-33H,10-15H2,1H3. The number of ketones is 1. The van der Waals surface area contributed by atoms with Gasteiger partial charge in [0.15, 0.2) is 5.78 Å². The minimum atomic E-state index is -4.51. The van der Waals surface area contributed by atoms with Gasteiger partial charge in [-0.25, -0.2) is 4.79 Å². The molecular weight excluding hydrogens is 463 g/mol. The Hall–Kier alpha value is -3.21. The minimum Gasteiger partial charge on any atom is -0.395 e. The molecular formula is C25H26F3N3O4. The summed E-state index contributed by atoms with van der Waals surface area (Å²) >= 11 is 0. The first kappa shape index (κ1) is 24.9. The second kappa shape index (κ2) is 9.80. The summed E-state index contributed by atoms with van der Waals surface area (Å²) in [5.41, 5.74) is 1.42. The number of hydrogen-bond donors (Lipinski definition) is 2. The van der Waals surface area contributed by atoms with Crippen LogP contribution < -0.4 is 0 Å². The molecule has 7 nitrogen and oxygen atoms in total. The number of halogens is 3. The average Bonchev–Trinajstić information content (AvgIpc) is 3.12. The first-order valence-corrected chi connectivity index (χ1v) is 11.2. The van der Waals surface area contributed by atoms with Gasteiger partial charge in [-0.3, -0.25) is 14.6 Å². The smallest absolute Gasteiger partial charge is 0.395 e. The van der Waals surface area contributed by atoms with E-state index in [9.17, 15) is 33.0 Å². The Balaban J connectivity index is 1.79. The summed E-state index contributed by atoms with van der Waals surface area (Å²) in [6.45, 7) is 0.707. The predicted molar refractivity (Wildman–Crippen MR) is 122 cm³/mol. The van der Waals surface area contributed by atoms with Crippen molar-refractivity contribution in [2.75, 3.05) is 46.4 Å². The van der Waals surface area contributed by atoms with Crippen LogP contribution in [0.1, 0.15) is 33.1 Å². The Bertz CT molecular complexity index is 1140. The summed E-state index contributed by atoms with van der Waals surface area (Å²) in [7, 11) is 1.57. The van der Waals surface area contributed by atoms with E-state index >= 15 is 0 Å². The van der Waals surface area contributed by atoms with Crippen molar-refractivity contribution in [3.63, 3.8) is 0 Å². The van der Waals surface area contributed by atoms with Crippen LogP contribution >= 0.6 is 0 Å². The molecule has 2 aliphatic rings. The van der Waals surface area contributed by atoms with Crippen LogP contribution in [0.4, 0.5) is 18.0 Å². The monoisotopic (exact) mass is 489 g/mol. The lowest BCUT2D eigenvalue weighted by Crippen LogP contribution is -2.50. The van der Waals surface area contributed by atoms with Crippen LogP contribution in [0.15, 0.2) is 54.1 Å². The van der Waals surface area contributed by atoms with Crippen molar-refractivity contribution < 1.29 is 33.0 Å². The van der Waals surface area contributed by atoms with E-state index in [4.69, 9.17) is 0 Å². The van der Waals surface area contributed by atoms with E-state index in [0.29, 0.717) is 34.5 Å². The quantitative estimate of drug-likeness (QED) is 0.596. The van der Waals surface area contributed by atoms with Gasteiger partial charge in [0.1, 0.15) is 0 Å². The molecule has 0 saturated carbocycles. The third kappa shape index (κ3) is 4.56. The highest BCUT2D eigenvalue weighted by molar-refractivity contribution is 6.23. The number of carbonyl (C=O) groups excluding carboxylic acids is 2. The van der Waals surface area contributed by atoms with Crippen molar-refractivity contribution in [1.82, 2.24) is 14.7 Å². The van der Waals surface area contributed by atoms with Gasteiger partial charge in [-0.1, -0.05) is 36.4 Å². The molecule has 1 atom stereocenters. The molecule has 1 aliphatic heterocycles. The summed E-state index contributed by atoms with van der Waals surface area (Å²) in [4.78, 5) is 31.7. The van der Waals surface area contributed by atoms with Crippen LogP contribution in [0, 0.1) is 0 Å². The molecule has 0 fully saturated rings. The molecule has 2 aromatic carbocycles. The Morgan fingerprint density at radius 2 is 1.51 bits per heavy atom. The van der Waals surface area contributed by atoms with Crippen molar-refractivity contribution in [1.29, 1.82) is 0 Å². The summed E-state index contributed by atoms with van der Waals surface area (Å²) in [5.74, 6) is -0.271. The van der Waals surface area contributed by atoms with E-state index in [1.807, 2.05) is 0 Å². The number of benzene rings is 2. The number of aliphatic hydroxyl groups is 2. The first-order valence-electron chi connectivity index (χ1n) is 11.2. The maximum Gasteiger partial charge on any atom is 0.416 e. The number of carbonyl (C=O) groups is 2. The van der Waals surface area contributed by atoms with Gasteiger partial charge in [0, 0.05) is 44.4 Å². The highest BCUT2D eigenvalue weighted by atomic mass is 19.4. The Kier molecular flexibility index (Phi) is 6.98. The number of aliphatic hydroxyl groups excluding tert-OH is 2. The van der Waals surface area contributed by atoms with Gasteiger partial charge in [0.2, 0.25) is 0 Å². The molecule has 0 radical (unpaired) electrons. The van der Waals surface area contributed by atoms with Crippen molar-refractivity contribution in [2.45, 2.75) is 12.2 Å². The molecule has 0 saturated heterocycles. The molecule has 1 heterocycles. The van der Waals surface area contributed by atoms with Gasteiger partial charge in [-0.05, 0) is 17.7 Å². The minimum absolute atomic E-state index is 0.134. The predicted octanol–water partition coefficient (Wildman–Crippen LogP) is 3.01. The first-order chi connectivity index (χ1) is 16.7. The van der Waals surface area contributed by atoms with Crippen LogP contribution in [0.3, 0.4) is 0 Å². The maximum absolute atomic E-state index is 13.5. The molecule has 2 N–H and O–H groups in total. The second-order valence-corrected chi connectivity index (χ2v) is 8.48. The maximum atomic E-state index is 13.5. The van der Waals surface area contributed by atoms with Crippen LogP contribution in [0.25, 0.3) is 5.70 Å². The van der Waals surface area contributed by atoms with E-state index in [0.717, 1.165) is 12.1 Å². The average molecular weight is 489 g/mol. The summed E-state index contributed by atoms with van der Waals surface area (Å²) in [6, 6.07) is 10.1. The molecule has 0 spiro atoms. The van der Waals surface area contributed by atoms with Gasteiger partial charge in [-0.15, -0.1) is 0 Å². The Morgan fingerprint density at radius 3 is 2.09 bits per heavy atom. The van der Waals surface area contributed by atoms with Crippen LogP contribution in [0.5, 0.6) is 0 Å². The largest absolute Gasteiger partial charge is 0.416 e. The van der Waals surface area contributed by atoms with Crippen molar-refractivity contribution >= 4 is 17.5 Å². The number of amides is 2. The lowest BCUT2D eigenvalue weighted by Gasteiger charge is -2.41. The number of hydrogen-bond acceptors (Lipinski definition) is 5. The molecule has 2 amide bonds. The number of Topliss-reactive ketones (excluding diaryl/α,β-unsaturated/α-hetero) is 1. The molecule has 0 bridgehead atoms. The third-order valence-electron chi connectivity index (χ3n) is 6.42. The highest BCUT2D eigenvalue weighted by Gasteiger charge is 2.46. The van der Waals surface area contributed by atoms with E-state index in [2.05, 4.69) is 0 Å². The zero-order valence-electron chi connectivity index (χ0n) is 19.1. The van der Waals surface area contributed by atoms with Crippen LogP contribution in [-0.4, -0.2) is 83.2 Å². The molecule has 10 heteroatoms. The van der Waals surface area contributed by atoms with Crippen LogP contribution in [-0.2, 0) is 6.18 Å². The van der Waals surface area contributed by atoms with Crippen molar-refractivity contribution in [3.05, 3.63) is 76.4 Å². The number of alkyl halides is 3. The lowest BCUT2D eigenvalue weighted by atomic mass is 9.91. The summed E-state index contributed by atoms with van der Waals surface area (Å²) < 4.78 is 39.5. The molecule has 4 rings (SSSR count). The molecule has 0 aromatic heterocycles. The number of rotatable bonds is 8. The topological polar surface area (TPSA) is 84.3 Å². The second-order valence-electron chi connectivity index (χ2n) is 8.48. The van der Waals surface area contributed by atoms with Gasteiger partial charge in [0.25, 0.3) is 0 Å². The fourth-order valence-electron chi connectivity index (χ4n) is 4.75. The molecule has 35 heavy (non-hydrogen) atoms. The van der Waals surface area contributed by atoms with Gasteiger partial charge >= 0.3 is 12.2 Å². The third-order valence-corrected chi connectivity index (χ3v) is 6.42. The fraction of sp³-hybridized carbons (Fsp3) is 0.360. The van der Waals surface area contributed by atoms with Crippen molar-refractivity contribution in [3.8, 4) is 0 Å². The lowest BCUT2D eigenvalue weighted by molar-refractivity contribution is -0.137. The molecule has 1 unspecified atom stereocenters. The Labute approximate surface area is 200 Å². The van der Waals surface area contributed by atoms with Crippen molar-refractivity contribution in [2.24, 2.45) is 0 Å². The summed E-state index contributed by atoms with van der Waals surface area (Å²) in [6.07, 6.45) is -4.51. The number of nitrogens with zero attached hydrogens (tertiary/aromatic N) is 3. The molecule has 1 aliphatic carbocycles. The van der Waals surface area contributed by atoms with Gasteiger partial charge in [0.05, 0.1) is 36.1 Å². The zero-order chi connectivity index (χ0) is 25.3.